The van der Waals surface area contributed by atoms with Crippen molar-refractivity contribution in [3.8, 4) is 0 Å². The molecule has 1 atom stereocenters. The number of carboxylic acids is 1. The lowest BCUT2D eigenvalue weighted by Gasteiger charge is -2.26. The number of aliphatic carboxylic acids is 1. The molecule has 0 bridgehead atoms. The third-order valence-electron chi connectivity index (χ3n) is 3.76. The summed E-state index contributed by atoms with van der Waals surface area (Å²) in [6, 6.07) is 0. The Morgan fingerprint density at radius 1 is 1.42 bits per heavy atom. The Morgan fingerprint density at radius 3 is 2.42 bits per heavy atom. The summed E-state index contributed by atoms with van der Waals surface area (Å²) in [5.74, 6) is 0.264. The highest BCUT2D eigenvalue weighted by atomic mass is 16.4. The summed E-state index contributed by atoms with van der Waals surface area (Å²) in [5.41, 5.74) is 0.248. The maximum absolute atomic E-state index is 10.7. The van der Waals surface area contributed by atoms with E-state index in [1.165, 1.54) is 12.8 Å². The first-order chi connectivity index (χ1) is 5.64. The van der Waals surface area contributed by atoms with Gasteiger partial charge in [0.25, 0.3) is 0 Å². The second kappa shape index (κ2) is 2.48. The van der Waals surface area contributed by atoms with E-state index >= 15 is 0 Å². The molecule has 0 saturated heterocycles. The normalized spacial score (nSPS) is 46.1. The standard InChI is InChI=1S/C10H16O2/c1-7-2-4-10(5-3-7)6-8(10)9(11)12/h7-8H,2-6H2,1H3,(H,11,12)/t7?,8-,10?/m0/s1. The van der Waals surface area contributed by atoms with Crippen molar-refractivity contribution in [1.29, 1.82) is 0 Å². The second-order valence-corrected chi connectivity index (χ2v) is 4.64. The summed E-state index contributed by atoms with van der Waals surface area (Å²) in [6.07, 6.45) is 5.75. The minimum atomic E-state index is -0.565. The molecule has 2 rings (SSSR count). The van der Waals surface area contributed by atoms with Gasteiger partial charge in [0.2, 0.25) is 0 Å². The third-order valence-corrected chi connectivity index (χ3v) is 3.76. The number of hydrogen-bond acceptors (Lipinski definition) is 1. The van der Waals surface area contributed by atoms with Gasteiger partial charge in [-0.1, -0.05) is 19.8 Å². The molecule has 1 N–H and O–H groups in total. The first kappa shape index (κ1) is 8.09. The summed E-state index contributed by atoms with van der Waals surface area (Å²) in [7, 11) is 0. The van der Waals surface area contributed by atoms with Crippen LogP contribution in [0.15, 0.2) is 0 Å². The summed E-state index contributed by atoms with van der Waals surface area (Å²) >= 11 is 0. The summed E-state index contributed by atoms with van der Waals surface area (Å²) in [5, 5.41) is 8.84. The van der Waals surface area contributed by atoms with Gasteiger partial charge in [0.15, 0.2) is 0 Å². The molecule has 0 aromatic carbocycles. The number of carboxylic acid groups (broad SMARTS) is 1. The molecule has 0 aromatic rings. The van der Waals surface area contributed by atoms with Gasteiger partial charge in [-0.3, -0.25) is 4.79 Å². The first-order valence-corrected chi connectivity index (χ1v) is 4.87. The molecule has 0 heterocycles. The Hall–Kier alpha value is -0.530. The zero-order valence-electron chi connectivity index (χ0n) is 7.55. The molecule has 1 spiro atoms. The highest BCUT2D eigenvalue weighted by Crippen LogP contribution is 2.62. The Morgan fingerprint density at radius 2 is 2.00 bits per heavy atom. The monoisotopic (exact) mass is 168 g/mol. The van der Waals surface area contributed by atoms with Crippen molar-refractivity contribution in [2.45, 2.75) is 39.0 Å². The van der Waals surface area contributed by atoms with Crippen molar-refractivity contribution in [2.24, 2.45) is 17.3 Å². The molecular weight excluding hydrogens is 152 g/mol. The molecular formula is C10H16O2. The maximum atomic E-state index is 10.7. The fourth-order valence-corrected chi connectivity index (χ4v) is 2.59. The van der Waals surface area contributed by atoms with Crippen molar-refractivity contribution in [1.82, 2.24) is 0 Å². The van der Waals surface area contributed by atoms with E-state index in [1.807, 2.05) is 0 Å². The lowest BCUT2D eigenvalue weighted by atomic mass is 9.79. The SMILES string of the molecule is CC1CCC2(CC1)C[C@H]2C(=O)O. The van der Waals surface area contributed by atoms with Gasteiger partial charge in [0.1, 0.15) is 0 Å². The average molecular weight is 168 g/mol. The van der Waals surface area contributed by atoms with Gasteiger partial charge >= 0.3 is 5.97 Å². The van der Waals surface area contributed by atoms with Crippen LogP contribution in [0.4, 0.5) is 0 Å². The van der Waals surface area contributed by atoms with Gasteiger partial charge in [-0.05, 0) is 30.6 Å². The lowest BCUT2D eigenvalue weighted by molar-refractivity contribution is -0.139. The van der Waals surface area contributed by atoms with Gasteiger partial charge in [-0.2, -0.15) is 0 Å². The highest BCUT2D eigenvalue weighted by Gasteiger charge is 2.58. The molecule has 68 valence electrons. The highest BCUT2D eigenvalue weighted by molar-refractivity contribution is 5.74. The van der Waals surface area contributed by atoms with Crippen molar-refractivity contribution in [3.05, 3.63) is 0 Å². The van der Waals surface area contributed by atoms with E-state index in [1.54, 1.807) is 0 Å². The lowest BCUT2D eigenvalue weighted by Crippen LogP contribution is -2.17. The minimum absolute atomic E-state index is 0.00463. The zero-order chi connectivity index (χ0) is 8.77. The molecule has 2 fully saturated rings. The molecule has 0 amide bonds. The largest absolute Gasteiger partial charge is 0.481 e. The van der Waals surface area contributed by atoms with Gasteiger partial charge in [-0.25, -0.2) is 0 Å². The van der Waals surface area contributed by atoms with Gasteiger partial charge in [0, 0.05) is 0 Å². The van der Waals surface area contributed by atoms with Crippen LogP contribution in [0.3, 0.4) is 0 Å². The van der Waals surface area contributed by atoms with Crippen LogP contribution in [-0.4, -0.2) is 11.1 Å². The fourth-order valence-electron chi connectivity index (χ4n) is 2.59. The summed E-state index contributed by atoms with van der Waals surface area (Å²) in [6.45, 7) is 2.27. The fraction of sp³-hybridized carbons (Fsp3) is 0.900. The van der Waals surface area contributed by atoms with Crippen LogP contribution in [0.2, 0.25) is 0 Å². The van der Waals surface area contributed by atoms with Crippen LogP contribution < -0.4 is 0 Å². The molecule has 12 heavy (non-hydrogen) atoms. The van der Waals surface area contributed by atoms with Gasteiger partial charge in [0.05, 0.1) is 5.92 Å². The molecule has 0 aliphatic heterocycles. The smallest absolute Gasteiger partial charge is 0.307 e. The Labute approximate surface area is 73.0 Å². The van der Waals surface area contributed by atoms with E-state index in [0.717, 1.165) is 25.2 Å². The average Bonchev–Trinajstić information content (AvgIpc) is 2.72. The Balaban J connectivity index is 1.95. The summed E-state index contributed by atoms with van der Waals surface area (Å²) in [4.78, 5) is 10.7. The van der Waals surface area contributed by atoms with Gasteiger partial charge in [-0.15, -0.1) is 0 Å². The number of hydrogen-bond donors (Lipinski definition) is 1. The molecule has 2 nitrogen and oxygen atoms in total. The third kappa shape index (κ3) is 1.13. The van der Waals surface area contributed by atoms with Crippen LogP contribution in [-0.2, 0) is 4.79 Å². The van der Waals surface area contributed by atoms with E-state index in [-0.39, 0.29) is 11.3 Å². The van der Waals surface area contributed by atoms with Crippen LogP contribution in [0.25, 0.3) is 0 Å². The quantitative estimate of drug-likeness (QED) is 0.652. The molecule has 2 heteroatoms. The van der Waals surface area contributed by atoms with E-state index in [0.29, 0.717) is 0 Å². The van der Waals surface area contributed by atoms with Crippen molar-refractivity contribution < 1.29 is 9.90 Å². The molecule has 0 radical (unpaired) electrons. The van der Waals surface area contributed by atoms with Crippen LogP contribution >= 0.6 is 0 Å². The predicted octanol–water partition coefficient (Wildman–Crippen LogP) is 2.29. The van der Waals surface area contributed by atoms with Crippen LogP contribution in [0.1, 0.15) is 39.0 Å². The topological polar surface area (TPSA) is 37.3 Å². The van der Waals surface area contributed by atoms with E-state index in [4.69, 9.17) is 5.11 Å². The van der Waals surface area contributed by atoms with E-state index in [2.05, 4.69) is 6.92 Å². The van der Waals surface area contributed by atoms with Crippen molar-refractivity contribution >= 4 is 5.97 Å². The summed E-state index contributed by atoms with van der Waals surface area (Å²) < 4.78 is 0. The van der Waals surface area contributed by atoms with Crippen LogP contribution in [0.5, 0.6) is 0 Å². The molecule has 0 aromatic heterocycles. The Bertz CT molecular complexity index is 202. The molecule has 2 saturated carbocycles. The maximum Gasteiger partial charge on any atom is 0.307 e. The van der Waals surface area contributed by atoms with Crippen LogP contribution in [0, 0.1) is 17.3 Å². The van der Waals surface area contributed by atoms with Crippen molar-refractivity contribution in [3.63, 3.8) is 0 Å². The predicted molar refractivity (Wildman–Crippen MR) is 45.8 cm³/mol. The number of rotatable bonds is 1. The second-order valence-electron chi connectivity index (χ2n) is 4.64. The van der Waals surface area contributed by atoms with E-state index < -0.39 is 5.97 Å². The molecule has 2 aliphatic rings. The molecule has 0 unspecified atom stereocenters. The van der Waals surface area contributed by atoms with Crippen molar-refractivity contribution in [2.75, 3.05) is 0 Å². The number of carbonyl (C=O) groups is 1. The first-order valence-electron chi connectivity index (χ1n) is 4.87. The van der Waals surface area contributed by atoms with Gasteiger partial charge < -0.3 is 5.11 Å². The van der Waals surface area contributed by atoms with E-state index in [9.17, 15) is 4.79 Å². The molecule has 2 aliphatic carbocycles. The minimum Gasteiger partial charge on any atom is -0.481 e. The Kier molecular flexibility index (Phi) is 1.67. The zero-order valence-corrected chi connectivity index (χ0v) is 7.55.